The van der Waals surface area contributed by atoms with Crippen LogP contribution >= 0.6 is 0 Å². The highest BCUT2D eigenvalue weighted by molar-refractivity contribution is 5.42. The number of rotatable bonds is 6. The van der Waals surface area contributed by atoms with E-state index in [2.05, 4.69) is 51.8 Å². The molecule has 0 spiro atoms. The van der Waals surface area contributed by atoms with Crippen molar-refractivity contribution in [1.82, 2.24) is 9.97 Å². The van der Waals surface area contributed by atoms with Crippen molar-refractivity contribution in [1.29, 1.82) is 0 Å². The van der Waals surface area contributed by atoms with Crippen molar-refractivity contribution in [3.63, 3.8) is 0 Å². The highest BCUT2D eigenvalue weighted by Crippen LogP contribution is 2.12. The van der Waals surface area contributed by atoms with E-state index in [-0.39, 0.29) is 0 Å². The van der Waals surface area contributed by atoms with E-state index in [0.29, 0.717) is 0 Å². The average molecular weight is 256 g/mol. The van der Waals surface area contributed by atoms with Crippen LogP contribution in [0.3, 0.4) is 0 Å². The van der Waals surface area contributed by atoms with E-state index < -0.39 is 0 Å². The Morgan fingerprint density at radius 3 is 2.32 bits per heavy atom. The molecule has 0 aliphatic rings. The fraction of sp³-hybridized carbons (Fsp3) is 0.333. The van der Waals surface area contributed by atoms with Gasteiger partial charge >= 0.3 is 0 Å². The molecule has 4 heteroatoms. The first kappa shape index (κ1) is 13.3. The summed E-state index contributed by atoms with van der Waals surface area (Å²) in [5, 5.41) is 6.48. The Bertz CT molecular complexity index is 525. The van der Waals surface area contributed by atoms with E-state index in [1.165, 1.54) is 11.1 Å². The Balaban J connectivity index is 2.03. The third-order valence-corrected chi connectivity index (χ3v) is 2.95. The molecule has 1 aromatic heterocycles. The van der Waals surface area contributed by atoms with Crippen molar-refractivity contribution in [2.45, 2.75) is 26.8 Å². The van der Waals surface area contributed by atoms with Gasteiger partial charge in [-0.05, 0) is 24.5 Å². The molecular weight excluding hydrogens is 236 g/mol. The lowest BCUT2D eigenvalue weighted by Crippen LogP contribution is -2.06. The number of nitrogens with zero attached hydrogens (tertiary/aromatic N) is 2. The molecule has 4 nitrogen and oxygen atoms in total. The molecule has 0 saturated carbocycles. The van der Waals surface area contributed by atoms with Crippen LogP contribution in [0.4, 0.5) is 11.6 Å². The van der Waals surface area contributed by atoms with Crippen LogP contribution < -0.4 is 10.6 Å². The maximum Gasteiger partial charge on any atom is 0.147 e. The standard InChI is InChI=1S/C15H20N4/c1-3-12-7-5-6-8-13(12)9-18-15-11-16-10-14(19-15)17-4-2/h5-8,10-11H,3-4,9H2,1-2H3,(H2,17,18,19). The predicted molar refractivity (Wildman–Crippen MR) is 79.3 cm³/mol. The van der Waals surface area contributed by atoms with Gasteiger partial charge in [0, 0.05) is 13.1 Å². The van der Waals surface area contributed by atoms with Crippen LogP contribution in [0.15, 0.2) is 36.7 Å². The molecule has 1 aromatic carbocycles. The van der Waals surface area contributed by atoms with Crippen molar-refractivity contribution in [2.24, 2.45) is 0 Å². The topological polar surface area (TPSA) is 49.8 Å². The molecule has 2 rings (SSSR count). The molecule has 2 aromatic rings. The van der Waals surface area contributed by atoms with Crippen LogP contribution in [-0.4, -0.2) is 16.5 Å². The molecule has 0 atom stereocenters. The zero-order chi connectivity index (χ0) is 13.5. The van der Waals surface area contributed by atoms with Crippen molar-refractivity contribution in [2.75, 3.05) is 17.2 Å². The van der Waals surface area contributed by atoms with Crippen LogP contribution in [0.25, 0.3) is 0 Å². The number of benzene rings is 1. The smallest absolute Gasteiger partial charge is 0.147 e. The largest absolute Gasteiger partial charge is 0.369 e. The van der Waals surface area contributed by atoms with Crippen molar-refractivity contribution in [3.05, 3.63) is 47.8 Å². The summed E-state index contributed by atoms with van der Waals surface area (Å²) in [6.45, 7) is 5.83. The van der Waals surface area contributed by atoms with Gasteiger partial charge in [0.15, 0.2) is 0 Å². The Kier molecular flexibility index (Phi) is 4.72. The Morgan fingerprint density at radius 2 is 1.63 bits per heavy atom. The molecule has 100 valence electrons. The monoisotopic (exact) mass is 256 g/mol. The summed E-state index contributed by atoms with van der Waals surface area (Å²) in [6.07, 6.45) is 4.52. The maximum atomic E-state index is 4.45. The normalized spacial score (nSPS) is 10.2. The van der Waals surface area contributed by atoms with Gasteiger partial charge in [0.1, 0.15) is 11.6 Å². The summed E-state index contributed by atoms with van der Waals surface area (Å²) in [5.41, 5.74) is 2.67. The van der Waals surface area contributed by atoms with Crippen LogP contribution in [0, 0.1) is 0 Å². The van der Waals surface area contributed by atoms with E-state index in [0.717, 1.165) is 31.1 Å². The van der Waals surface area contributed by atoms with Crippen molar-refractivity contribution < 1.29 is 0 Å². The summed E-state index contributed by atoms with van der Waals surface area (Å²) in [7, 11) is 0. The number of aromatic nitrogens is 2. The summed E-state index contributed by atoms with van der Waals surface area (Å²) in [4.78, 5) is 8.62. The zero-order valence-electron chi connectivity index (χ0n) is 11.5. The van der Waals surface area contributed by atoms with E-state index in [4.69, 9.17) is 0 Å². The number of anilines is 2. The lowest BCUT2D eigenvalue weighted by Gasteiger charge is -2.10. The summed E-state index contributed by atoms with van der Waals surface area (Å²) >= 11 is 0. The minimum Gasteiger partial charge on any atom is -0.369 e. The minimum absolute atomic E-state index is 0.772. The number of nitrogens with one attached hydrogen (secondary N) is 2. The maximum absolute atomic E-state index is 4.45. The second kappa shape index (κ2) is 6.73. The first-order valence-electron chi connectivity index (χ1n) is 6.70. The van der Waals surface area contributed by atoms with Gasteiger partial charge in [0.2, 0.25) is 0 Å². The highest BCUT2D eigenvalue weighted by Gasteiger charge is 2.01. The molecule has 0 aliphatic heterocycles. The lowest BCUT2D eigenvalue weighted by molar-refractivity contribution is 1.02. The van der Waals surface area contributed by atoms with Gasteiger partial charge in [-0.1, -0.05) is 31.2 Å². The molecule has 19 heavy (non-hydrogen) atoms. The quantitative estimate of drug-likeness (QED) is 0.834. The van der Waals surface area contributed by atoms with Gasteiger partial charge in [0.05, 0.1) is 12.4 Å². The van der Waals surface area contributed by atoms with Gasteiger partial charge < -0.3 is 10.6 Å². The number of aryl methyl sites for hydroxylation is 1. The summed E-state index contributed by atoms with van der Waals surface area (Å²) in [5.74, 6) is 1.60. The van der Waals surface area contributed by atoms with Crippen LogP contribution in [-0.2, 0) is 13.0 Å². The SMILES string of the molecule is CCNc1cncc(NCc2ccccc2CC)n1. The Hall–Kier alpha value is -2.10. The van der Waals surface area contributed by atoms with E-state index in [1.54, 1.807) is 12.4 Å². The van der Waals surface area contributed by atoms with Gasteiger partial charge in [-0.25, -0.2) is 4.98 Å². The fourth-order valence-corrected chi connectivity index (χ4v) is 1.98. The van der Waals surface area contributed by atoms with Gasteiger partial charge in [-0.15, -0.1) is 0 Å². The van der Waals surface area contributed by atoms with Crippen LogP contribution in [0.1, 0.15) is 25.0 Å². The number of hydrogen-bond acceptors (Lipinski definition) is 4. The zero-order valence-corrected chi connectivity index (χ0v) is 11.5. The molecule has 0 amide bonds. The summed E-state index contributed by atoms with van der Waals surface area (Å²) in [6, 6.07) is 8.45. The highest BCUT2D eigenvalue weighted by atomic mass is 15.1. The van der Waals surface area contributed by atoms with Gasteiger partial charge in [-0.3, -0.25) is 4.98 Å². The van der Waals surface area contributed by atoms with Crippen molar-refractivity contribution in [3.8, 4) is 0 Å². The molecule has 0 fully saturated rings. The Labute approximate surface area is 114 Å². The predicted octanol–water partition coefficient (Wildman–Crippen LogP) is 3.08. The first-order valence-corrected chi connectivity index (χ1v) is 6.70. The Morgan fingerprint density at radius 1 is 0.947 bits per heavy atom. The van der Waals surface area contributed by atoms with Gasteiger partial charge in [0.25, 0.3) is 0 Å². The molecule has 0 saturated heterocycles. The molecule has 0 radical (unpaired) electrons. The molecule has 2 N–H and O–H groups in total. The molecule has 0 aliphatic carbocycles. The average Bonchev–Trinajstić information content (AvgIpc) is 2.46. The van der Waals surface area contributed by atoms with E-state index in [1.807, 2.05) is 6.92 Å². The fourth-order valence-electron chi connectivity index (χ4n) is 1.98. The third kappa shape index (κ3) is 3.68. The second-order valence-corrected chi connectivity index (χ2v) is 4.30. The molecule has 1 heterocycles. The minimum atomic E-state index is 0.772. The first-order chi connectivity index (χ1) is 9.33. The summed E-state index contributed by atoms with van der Waals surface area (Å²) < 4.78 is 0. The number of hydrogen-bond donors (Lipinski definition) is 2. The van der Waals surface area contributed by atoms with Gasteiger partial charge in [-0.2, -0.15) is 0 Å². The molecule has 0 bridgehead atoms. The van der Waals surface area contributed by atoms with E-state index >= 15 is 0 Å². The second-order valence-electron chi connectivity index (χ2n) is 4.30. The molecular formula is C15H20N4. The van der Waals surface area contributed by atoms with Crippen molar-refractivity contribution >= 4 is 11.6 Å². The van der Waals surface area contributed by atoms with Crippen LogP contribution in [0.2, 0.25) is 0 Å². The van der Waals surface area contributed by atoms with E-state index in [9.17, 15) is 0 Å². The third-order valence-electron chi connectivity index (χ3n) is 2.95. The van der Waals surface area contributed by atoms with Crippen LogP contribution in [0.5, 0.6) is 0 Å². The lowest BCUT2D eigenvalue weighted by atomic mass is 10.1. The molecule has 0 unspecified atom stereocenters.